The standard InChI is InChI=1S/C15H18N4O3/c1-16-13(20)9-18(2)14(21)7-8-19-10-17-12-6-4-3-5-11(12)15(19)22/h3-6,10H,7-9H2,1-2H3,(H,16,20). The molecule has 0 aliphatic rings. The van der Waals surface area contributed by atoms with Gasteiger partial charge in [-0.3, -0.25) is 19.0 Å². The number of rotatable bonds is 5. The molecule has 116 valence electrons. The molecule has 0 bridgehead atoms. The Bertz CT molecular complexity index is 754. The highest BCUT2D eigenvalue weighted by molar-refractivity contribution is 5.84. The molecule has 0 radical (unpaired) electrons. The van der Waals surface area contributed by atoms with E-state index in [9.17, 15) is 14.4 Å². The molecular formula is C15H18N4O3. The SMILES string of the molecule is CNC(=O)CN(C)C(=O)CCn1cnc2ccccc2c1=O. The Hall–Kier alpha value is -2.70. The highest BCUT2D eigenvalue weighted by Crippen LogP contribution is 2.05. The van der Waals surface area contributed by atoms with Gasteiger partial charge >= 0.3 is 0 Å². The van der Waals surface area contributed by atoms with Gasteiger partial charge in [0.2, 0.25) is 11.8 Å². The summed E-state index contributed by atoms with van der Waals surface area (Å²) in [6.45, 7) is 0.230. The largest absolute Gasteiger partial charge is 0.358 e. The molecule has 7 nitrogen and oxygen atoms in total. The fourth-order valence-electron chi connectivity index (χ4n) is 2.05. The van der Waals surface area contributed by atoms with Crippen LogP contribution >= 0.6 is 0 Å². The van der Waals surface area contributed by atoms with Gasteiger partial charge < -0.3 is 10.2 Å². The van der Waals surface area contributed by atoms with Gasteiger partial charge in [0, 0.05) is 27.1 Å². The summed E-state index contributed by atoms with van der Waals surface area (Å²) in [5.41, 5.74) is 0.458. The number of carbonyl (C=O) groups is 2. The summed E-state index contributed by atoms with van der Waals surface area (Å²) in [6, 6.07) is 7.07. The Labute approximate surface area is 127 Å². The van der Waals surface area contributed by atoms with Gasteiger partial charge in [0.05, 0.1) is 23.8 Å². The quantitative estimate of drug-likeness (QED) is 0.842. The van der Waals surface area contributed by atoms with Crippen LogP contribution in [0.25, 0.3) is 10.9 Å². The molecule has 0 unspecified atom stereocenters. The molecule has 2 aromatic rings. The van der Waals surface area contributed by atoms with Crippen molar-refractivity contribution in [2.75, 3.05) is 20.6 Å². The summed E-state index contributed by atoms with van der Waals surface area (Å²) in [6.07, 6.45) is 1.57. The van der Waals surface area contributed by atoms with E-state index in [0.29, 0.717) is 10.9 Å². The number of hydrogen-bond acceptors (Lipinski definition) is 4. The Balaban J connectivity index is 2.06. The number of fused-ring (bicyclic) bond motifs is 1. The summed E-state index contributed by atoms with van der Waals surface area (Å²) in [7, 11) is 3.07. The normalized spacial score (nSPS) is 10.5. The van der Waals surface area contributed by atoms with E-state index in [4.69, 9.17) is 0 Å². The first kappa shape index (κ1) is 15.7. The Morgan fingerprint density at radius 1 is 1.32 bits per heavy atom. The van der Waals surface area contributed by atoms with Gasteiger partial charge in [0.25, 0.3) is 5.56 Å². The number of nitrogens with one attached hydrogen (secondary N) is 1. The van der Waals surface area contributed by atoms with E-state index < -0.39 is 0 Å². The van der Waals surface area contributed by atoms with Gasteiger partial charge in [0.1, 0.15) is 0 Å². The van der Waals surface area contributed by atoms with Crippen molar-refractivity contribution in [3.8, 4) is 0 Å². The fraction of sp³-hybridized carbons (Fsp3) is 0.333. The molecule has 1 aromatic carbocycles. The number of aryl methyl sites for hydroxylation is 1. The predicted octanol–water partition coefficient (Wildman–Crippen LogP) is -0.00900. The van der Waals surface area contributed by atoms with Gasteiger partial charge in [-0.15, -0.1) is 0 Å². The van der Waals surface area contributed by atoms with Crippen molar-refractivity contribution in [3.63, 3.8) is 0 Å². The van der Waals surface area contributed by atoms with E-state index in [0.717, 1.165) is 0 Å². The average Bonchev–Trinajstić information content (AvgIpc) is 2.54. The number of benzene rings is 1. The average molecular weight is 302 g/mol. The van der Waals surface area contributed by atoms with Crippen LogP contribution in [0, 0.1) is 0 Å². The van der Waals surface area contributed by atoms with Crippen LogP contribution in [0.3, 0.4) is 0 Å². The number of carbonyl (C=O) groups excluding carboxylic acids is 2. The summed E-state index contributed by atoms with van der Waals surface area (Å²) < 4.78 is 1.41. The first-order valence-corrected chi connectivity index (χ1v) is 6.91. The van der Waals surface area contributed by atoms with Crippen molar-refractivity contribution in [1.29, 1.82) is 0 Å². The minimum Gasteiger partial charge on any atom is -0.358 e. The van der Waals surface area contributed by atoms with Gasteiger partial charge in [-0.1, -0.05) is 12.1 Å². The molecule has 2 rings (SSSR count). The molecule has 2 amide bonds. The maximum Gasteiger partial charge on any atom is 0.261 e. The zero-order chi connectivity index (χ0) is 16.1. The van der Waals surface area contributed by atoms with Gasteiger partial charge in [-0.2, -0.15) is 0 Å². The topological polar surface area (TPSA) is 84.3 Å². The zero-order valence-corrected chi connectivity index (χ0v) is 12.6. The summed E-state index contributed by atoms with van der Waals surface area (Å²) in [5.74, 6) is -0.441. The second-order valence-corrected chi connectivity index (χ2v) is 4.93. The van der Waals surface area contributed by atoms with Crippen LogP contribution in [0.1, 0.15) is 6.42 Å². The number of amides is 2. The van der Waals surface area contributed by atoms with Crippen LogP contribution in [-0.4, -0.2) is 46.9 Å². The predicted molar refractivity (Wildman–Crippen MR) is 82.3 cm³/mol. The van der Waals surface area contributed by atoms with Crippen molar-refractivity contribution >= 4 is 22.7 Å². The third kappa shape index (κ3) is 3.49. The van der Waals surface area contributed by atoms with Crippen LogP contribution in [0.5, 0.6) is 0 Å². The van der Waals surface area contributed by atoms with Crippen molar-refractivity contribution in [2.24, 2.45) is 0 Å². The van der Waals surface area contributed by atoms with E-state index in [-0.39, 0.29) is 36.9 Å². The van der Waals surface area contributed by atoms with E-state index in [1.807, 2.05) is 6.07 Å². The lowest BCUT2D eigenvalue weighted by Gasteiger charge is -2.16. The van der Waals surface area contributed by atoms with Gasteiger partial charge in [-0.05, 0) is 12.1 Å². The Morgan fingerprint density at radius 3 is 2.77 bits per heavy atom. The monoisotopic (exact) mass is 302 g/mol. The van der Waals surface area contributed by atoms with E-state index in [2.05, 4.69) is 10.3 Å². The maximum atomic E-state index is 12.3. The summed E-state index contributed by atoms with van der Waals surface area (Å²) in [5, 5.41) is 2.98. The summed E-state index contributed by atoms with van der Waals surface area (Å²) >= 11 is 0. The highest BCUT2D eigenvalue weighted by atomic mass is 16.2. The lowest BCUT2D eigenvalue weighted by molar-refractivity contribution is -0.134. The minimum atomic E-state index is -0.236. The number of aromatic nitrogens is 2. The van der Waals surface area contributed by atoms with E-state index in [1.54, 1.807) is 25.2 Å². The first-order valence-electron chi connectivity index (χ1n) is 6.91. The lowest BCUT2D eigenvalue weighted by atomic mass is 10.2. The minimum absolute atomic E-state index is 0.000201. The van der Waals surface area contributed by atoms with Crippen LogP contribution in [0.4, 0.5) is 0 Å². The molecule has 1 heterocycles. The van der Waals surface area contributed by atoms with E-state index >= 15 is 0 Å². The molecule has 0 atom stereocenters. The Morgan fingerprint density at radius 2 is 2.05 bits per heavy atom. The smallest absolute Gasteiger partial charge is 0.261 e. The molecule has 0 spiro atoms. The molecular weight excluding hydrogens is 284 g/mol. The molecule has 0 saturated heterocycles. The van der Waals surface area contributed by atoms with Gasteiger partial charge in [0.15, 0.2) is 0 Å². The zero-order valence-electron chi connectivity index (χ0n) is 12.6. The van der Waals surface area contributed by atoms with Crippen molar-refractivity contribution in [2.45, 2.75) is 13.0 Å². The molecule has 22 heavy (non-hydrogen) atoms. The molecule has 0 saturated carbocycles. The highest BCUT2D eigenvalue weighted by Gasteiger charge is 2.12. The molecule has 7 heteroatoms. The van der Waals surface area contributed by atoms with Crippen LogP contribution < -0.4 is 10.9 Å². The molecule has 1 N–H and O–H groups in total. The van der Waals surface area contributed by atoms with Gasteiger partial charge in [-0.25, -0.2) is 4.98 Å². The first-order chi connectivity index (χ1) is 10.5. The van der Waals surface area contributed by atoms with Crippen LogP contribution in [0.15, 0.2) is 35.4 Å². The van der Waals surface area contributed by atoms with Crippen molar-refractivity contribution in [3.05, 3.63) is 40.9 Å². The lowest BCUT2D eigenvalue weighted by Crippen LogP contribution is -2.37. The molecule has 1 aromatic heterocycles. The number of para-hydroxylation sites is 1. The number of hydrogen-bond donors (Lipinski definition) is 1. The maximum absolute atomic E-state index is 12.3. The second-order valence-electron chi connectivity index (χ2n) is 4.93. The fourth-order valence-corrected chi connectivity index (χ4v) is 2.05. The van der Waals surface area contributed by atoms with Crippen molar-refractivity contribution in [1.82, 2.24) is 19.8 Å². The number of nitrogens with zero attached hydrogens (tertiary/aromatic N) is 3. The summed E-state index contributed by atoms with van der Waals surface area (Å²) in [4.78, 5) is 41.0. The molecule has 0 aliphatic carbocycles. The van der Waals surface area contributed by atoms with Crippen molar-refractivity contribution < 1.29 is 9.59 Å². The Kier molecular flexibility index (Phi) is 4.88. The molecule has 0 fully saturated rings. The molecule has 0 aliphatic heterocycles. The third-order valence-corrected chi connectivity index (χ3v) is 3.38. The van der Waals surface area contributed by atoms with E-state index in [1.165, 1.54) is 22.8 Å². The third-order valence-electron chi connectivity index (χ3n) is 3.38. The second kappa shape index (κ2) is 6.84. The van der Waals surface area contributed by atoms with Crippen LogP contribution in [-0.2, 0) is 16.1 Å². The van der Waals surface area contributed by atoms with Crippen LogP contribution in [0.2, 0.25) is 0 Å². The number of likely N-dealkylation sites (N-methyl/N-ethyl adjacent to an activating group) is 2.